The lowest BCUT2D eigenvalue weighted by molar-refractivity contribution is 0.0675. The number of piperidine rings is 4. The van der Waals surface area contributed by atoms with E-state index in [1.165, 1.54) is 23.2 Å². The number of aromatic nitrogens is 8. The first kappa shape index (κ1) is 48.7. The van der Waals surface area contributed by atoms with Crippen molar-refractivity contribution in [2.45, 2.75) is 89.1 Å². The number of phenolic OH excluding ortho intramolecular Hbond substituents is 1. The van der Waals surface area contributed by atoms with E-state index in [2.05, 4.69) is 49.0 Å². The summed E-state index contributed by atoms with van der Waals surface area (Å²) in [5, 5.41) is 24.2. The number of benzene rings is 3. The molecule has 74 heavy (non-hydrogen) atoms. The Morgan fingerprint density at radius 3 is 1.47 bits per heavy atom. The summed E-state index contributed by atoms with van der Waals surface area (Å²) < 4.78 is 9.07. The second-order valence-corrected chi connectivity index (χ2v) is 20.7. The van der Waals surface area contributed by atoms with Gasteiger partial charge in [0.25, 0.3) is 23.6 Å². The van der Waals surface area contributed by atoms with E-state index in [1.807, 2.05) is 65.6 Å². The second kappa shape index (κ2) is 21.9. The van der Waals surface area contributed by atoms with Gasteiger partial charge >= 0.3 is 0 Å². The van der Waals surface area contributed by atoms with Gasteiger partial charge in [0.15, 0.2) is 0 Å². The number of likely N-dealkylation sites (tertiary alicyclic amines) is 4. The number of hydrogen-bond donors (Lipinski definition) is 1. The molecule has 0 saturated carbocycles. The third-order valence-electron chi connectivity index (χ3n) is 15.2. The Kier molecular flexibility index (Phi) is 14.4. The predicted molar refractivity (Wildman–Crippen MR) is 282 cm³/mol. The number of pyridine rings is 2. The Morgan fingerprint density at radius 2 is 0.973 bits per heavy atom. The highest BCUT2D eigenvalue weighted by Crippen LogP contribution is 2.30. The summed E-state index contributed by atoms with van der Waals surface area (Å²) in [6, 6.07) is 25.0. The molecule has 18 heteroatoms. The van der Waals surface area contributed by atoms with Crippen LogP contribution in [0.4, 0.5) is 0 Å². The van der Waals surface area contributed by atoms with Crippen LogP contribution >= 0.6 is 11.5 Å². The Bertz CT molecular complexity index is 3300. The van der Waals surface area contributed by atoms with Gasteiger partial charge in [-0.1, -0.05) is 16.6 Å². The van der Waals surface area contributed by atoms with Crippen LogP contribution < -0.4 is 0 Å². The molecule has 4 saturated heterocycles. The van der Waals surface area contributed by atoms with E-state index in [1.54, 1.807) is 36.7 Å². The van der Waals surface area contributed by atoms with E-state index >= 15 is 0 Å². The van der Waals surface area contributed by atoms with E-state index in [9.17, 15) is 24.3 Å². The van der Waals surface area contributed by atoms with Crippen LogP contribution in [-0.2, 0) is 12.8 Å². The molecule has 3 aromatic carbocycles. The molecule has 4 fully saturated rings. The number of rotatable bonds is 9. The van der Waals surface area contributed by atoms with Gasteiger partial charge < -0.3 is 24.7 Å². The average Bonchev–Trinajstić information content (AvgIpc) is 4.30. The maximum atomic E-state index is 13.9. The highest BCUT2D eigenvalue weighted by molar-refractivity contribution is 7.12. The molecule has 9 heterocycles. The molecule has 0 unspecified atom stereocenters. The summed E-state index contributed by atoms with van der Waals surface area (Å²) in [6.45, 7) is 5.45. The zero-order chi connectivity index (χ0) is 50.5. The first-order valence-corrected chi connectivity index (χ1v) is 26.9. The van der Waals surface area contributed by atoms with Gasteiger partial charge in [-0.25, -0.2) is 9.97 Å². The van der Waals surface area contributed by atoms with E-state index in [0.29, 0.717) is 78.6 Å². The maximum Gasteiger partial charge on any atom is 0.272 e. The summed E-state index contributed by atoms with van der Waals surface area (Å²) in [6.07, 6.45) is 18.8. The van der Waals surface area contributed by atoms with Gasteiger partial charge in [0.05, 0.1) is 38.9 Å². The van der Waals surface area contributed by atoms with Crippen LogP contribution in [0.15, 0.2) is 104 Å². The van der Waals surface area contributed by atoms with Gasteiger partial charge in [0.2, 0.25) is 0 Å². The van der Waals surface area contributed by atoms with Gasteiger partial charge in [-0.3, -0.25) is 28.5 Å². The third kappa shape index (κ3) is 10.6. The van der Waals surface area contributed by atoms with Crippen molar-refractivity contribution >= 4 is 67.2 Å². The zero-order valence-corrected chi connectivity index (χ0v) is 42.3. The first-order chi connectivity index (χ1) is 36.2. The number of carbonyl (C=O) groups excluding carboxylic acids is 4. The second-order valence-electron chi connectivity index (χ2n) is 20.0. The van der Waals surface area contributed by atoms with E-state index in [0.717, 1.165) is 111 Å². The topological polar surface area (TPSA) is 189 Å². The van der Waals surface area contributed by atoms with Crippen molar-refractivity contribution in [1.29, 1.82) is 0 Å². The standard InChI is InChI=1S/C32H33N7O2S.C24H27N5O3/c40-31(37-14-2-1-3-15-37)26-21-29(32(41)38-17-11-24(12-18-38)39-16-4-13-33-39)34-27-9-7-22(19-25(26)27)5-6-23-8-10-28-30(20-23)42-36-35-28;30-18-5-6-21-19(15-18)20(23(31)27-10-2-1-3-11-27)16-22(26-21)24(32)28-13-7-17(8-14-28)29-12-4-9-25-29/h4,7-10,13,16,19-21,24H,1-3,5-6,11-12,14-15,17-18H2;4-6,9,12,15-17,30H,1-3,7-8,10-11,13-14H2. The quantitative estimate of drug-likeness (QED) is 0.146. The summed E-state index contributed by atoms with van der Waals surface area (Å²) in [5.74, 6) is -0.304. The number of hydrogen-bond acceptors (Lipinski definition) is 12. The zero-order valence-electron chi connectivity index (χ0n) is 41.5. The molecule has 0 spiro atoms. The molecule has 4 amide bonds. The normalized spacial score (nSPS) is 16.9. The molecule has 5 aromatic heterocycles. The molecule has 0 radical (unpaired) electrons. The Hall–Kier alpha value is -7.60. The molecule has 0 bridgehead atoms. The number of aryl methyl sites for hydroxylation is 2. The van der Waals surface area contributed by atoms with Crippen molar-refractivity contribution in [1.82, 2.24) is 58.7 Å². The Morgan fingerprint density at radius 1 is 0.514 bits per heavy atom. The van der Waals surface area contributed by atoms with E-state index in [-0.39, 0.29) is 41.1 Å². The van der Waals surface area contributed by atoms with Crippen molar-refractivity contribution in [3.05, 3.63) is 137 Å². The minimum atomic E-state index is -0.161. The van der Waals surface area contributed by atoms with E-state index in [4.69, 9.17) is 4.98 Å². The summed E-state index contributed by atoms with van der Waals surface area (Å²) in [4.78, 5) is 71.0. The summed E-state index contributed by atoms with van der Waals surface area (Å²) >= 11 is 1.41. The molecule has 8 aromatic rings. The number of carbonyl (C=O) groups is 4. The smallest absolute Gasteiger partial charge is 0.272 e. The van der Waals surface area contributed by atoms with Crippen LogP contribution in [0.1, 0.15) is 129 Å². The molecule has 0 atom stereocenters. The van der Waals surface area contributed by atoms with Gasteiger partial charge in [0, 0.05) is 87.9 Å². The SMILES string of the molecule is O=C(c1cc(C(=O)N2CCCCC2)c2cc(CCc3ccc4nnsc4c3)ccc2n1)N1CCC(n2cccn2)CC1.O=C(c1cc(C(=O)N2CCCCC2)c2cc(O)ccc2n1)N1CCC(n2cccn2)CC1. The van der Waals surface area contributed by atoms with E-state index < -0.39 is 0 Å². The largest absolute Gasteiger partial charge is 0.508 e. The fourth-order valence-electron chi connectivity index (χ4n) is 11.0. The number of fused-ring (bicyclic) bond motifs is 3. The van der Waals surface area contributed by atoms with Gasteiger partial charge in [-0.2, -0.15) is 10.2 Å². The van der Waals surface area contributed by atoms with Crippen LogP contribution in [-0.4, -0.2) is 140 Å². The van der Waals surface area contributed by atoms with Crippen LogP contribution in [0, 0.1) is 0 Å². The highest BCUT2D eigenvalue weighted by atomic mass is 32.1. The van der Waals surface area contributed by atoms with Crippen LogP contribution in [0.2, 0.25) is 0 Å². The minimum absolute atomic E-state index is 0.00571. The summed E-state index contributed by atoms with van der Waals surface area (Å²) in [5.41, 5.74) is 6.16. The molecular formula is C56H60N12O5S. The van der Waals surface area contributed by atoms with Crippen molar-refractivity contribution in [3.63, 3.8) is 0 Å². The Labute approximate surface area is 432 Å². The van der Waals surface area contributed by atoms with Crippen LogP contribution in [0.3, 0.4) is 0 Å². The van der Waals surface area contributed by atoms with Gasteiger partial charge in [0.1, 0.15) is 22.7 Å². The number of phenols is 1. The number of nitrogens with zero attached hydrogens (tertiary/aromatic N) is 12. The van der Waals surface area contributed by atoms with Crippen LogP contribution in [0.5, 0.6) is 5.75 Å². The molecule has 12 rings (SSSR count). The fraction of sp³-hybridized carbons (Fsp3) is 0.393. The monoisotopic (exact) mass is 1010 g/mol. The molecule has 17 nitrogen and oxygen atoms in total. The molecular weight excluding hydrogens is 953 g/mol. The predicted octanol–water partition coefficient (Wildman–Crippen LogP) is 8.56. The molecule has 380 valence electrons. The lowest BCUT2D eigenvalue weighted by Crippen LogP contribution is -2.40. The lowest BCUT2D eigenvalue weighted by atomic mass is 9.98. The minimum Gasteiger partial charge on any atom is -0.508 e. The van der Waals surface area contributed by atoms with Crippen molar-refractivity contribution in [2.24, 2.45) is 0 Å². The number of amides is 4. The van der Waals surface area contributed by atoms with Gasteiger partial charge in [-0.15, -0.1) is 5.10 Å². The average molecular weight is 1010 g/mol. The van der Waals surface area contributed by atoms with Crippen molar-refractivity contribution in [2.75, 3.05) is 52.4 Å². The third-order valence-corrected chi connectivity index (χ3v) is 15.9. The summed E-state index contributed by atoms with van der Waals surface area (Å²) in [7, 11) is 0. The highest BCUT2D eigenvalue weighted by Gasteiger charge is 2.30. The van der Waals surface area contributed by atoms with Crippen molar-refractivity contribution < 1.29 is 24.3 Å². The lowest BCUT2D eigenvalue weighted by Gasteiger charge is -2.32. The molecule has 1 N–H and O–H groups in total. The maximum absolute atomic E-state index is 13.9. The molecule has 4 aliphatic heterocycles. The van der Waals surface area contributed by atoms with Crippen molar-refractivity contribution in [3.8, 4) is 5.75 Å². The first-order valence-electron chi connectivity index (χ1n) is 26.2. The molecule has 4 aliphatic rings. The fourth-order valence-corrected chi connectivity index (χ4v) is 11.6. The Balaban J connectivity index is 0.000000165. The van der Waals surface area contributed by atoms with Gasteiger partial charge in [-0.05, 0) is 166 Å². The number of aromatic hydroxyl groups is 1. The van der Waals surface area contributed by atoms with Crippen LogP contribution in [0.25, 0.3) is 32.0 Å². The molecule has 0 aliphatic carbocycles.